The molecule has 1 aliphatic heterocycles. The zero-order valence-corrected chi connectivity index (χ0v) is 13.8. The van der Waals surface area contributed by atoms with Crippen molar-refractivity contribution in [2.45, 2.75) is 19.9 Å². The van der Waals surface area contributed by atoms with E-state index < -0.39 is 23.9 Å². The molecule has 1 saturated heterocycles. The summed E-state index contributed by atoms with van der Waals surface area (Å²) in [6.07, 6.45) is 0. The molecule has 8 heteroatoms. The van der Waals surface area contributed by atoms with E-state index in [-0.39, 0.29) is 18.4 Å². The van der Waals surface area contributed by atoms with Crippen LogP contribution < -0.4 is 16.0 Å². The number of carbonyl (C=O) groups is 4. The summed E-state index contributed by atoms with van der Waals surface area (Å²) in [4.78, 5) is 48.3. The first-order valence-electron chi connectivity index (χ1n) is 7.57. The zero-order valence-electron chi connectivity index (χ0n) is 13.8. The maximum atomic E-state index is 12.1. The average molecular weight is 332 g/mol. The van der Waals surface area contributed by atoms with E-state index in [1.807, 2.05) is 13.8 Å². The molecule has 8 nitrogen and oxygen atoms in total. The predicted octanol–water partition coefficient (Wildman–Crippen LogP) is 0.561. The third kappa shape index (κ3) is 3.70. The molecule has 0 aliphatic carbocycles. The topological polar surface area (TPSA) is 108 Å². The molecule has 2 rings (SSSR count). The molecule has 0 spiro atoms. The molecule has 1 aromatic rings. The molecular weight excluding hydrogens is 312 g/mol. The third-order valence-electron chi connectivity index (χ3n) is 3.68. The minimum absolute atomic E-state index is 0.0493. The number of urea groups is 1. The molecule has 128 valence electrons. The normalized spacial score (nSPS) is 17.0. The van der Waals surface area contributed by atoms with Gasteiger partial charge in [0.25, 0.3) is 11.8 Å². The van der Waals surface area contributed by atoms with Gasteiger partial charge >= 0.3 is 6.03 Å². The van der Waals surface area contributed by atoms with Crippen molar-refractivity contribution in [1.29, 1.82) is 0 Å². The molecule has 1 unspecified atom stereocenters. The second-order valence-corrected chi connectivity index (χ2v) is 5.80. The number of carbonyl (C=O) groups excluding carboxylic acids is 4. The van der Waals surface area contributed by atoms with Crippen LogP contribution in [0.25, 0.3) is 0 Å². The van der Waals surface area contributed by atoms with Gasteiger partial charge in [-0.25, -0.2) is 4.79 Å². The summed E-state index contributed by atoms with van der Waals surface area (Å²) in [5.74, 6) is -1.17. The Hall–Kier alpha value is -2.90. The fraction of sp³-hybridized carbons (Fsp3) is 0.375. The Morgan fingerprint density at radius 2 is 1.83 bits per heavy atom. The van der Waals surface area contributed by atoms with E-state index in [2.05, 4.69) is 16.0 Å². The molecule has 0 aromatic heterocycles. The zero-order chi connectivity index (χ0) is 17.9. The molecular formula is C16H20N4O4. The van der Waals surface area contributed by atoms with E-state index >= 15 is 0 Å². The third-order valence-corrected chi connectivity index (χ3v) is 3.68. The van der Waals surface area contributed by atoms with Crippen LogP contribution in [-0.2, 0) is 9.59 Å². The summed E-state index contributed by atoms with van der Waals surface area (Å²) in [5, 5.41) is 7.65. The van der Waals surface area contributed by atoms with Crippen LogP contribution in [0.3, 0.4) is 0 Å². The first-order chi connectivity index (χ1) is 11.3. The van der Waals surface area contributed by atoms with Gasteiger partial charge in [0, 0.05) is 18.3 Å². The van der Waals surface area contributed by atoms with Gasteiger partial charge < -0.3 is 16.0 Å². The maximum Gasteiger partial charge on any atom is 0.325 e. The number of hydrogen-bond acceptors (Lipinski definition) is 4. The molecule has 1 atom stereocenters. The van der Waals surface area contributed by atoms with Gasteiger partial charge in [-0.3, -0.25) is 19.3 Å². The second kappa shape index (κ2) is 7.12. The van der Waals surface area contributed by atoms with Gasteiger partial charge in [-0.1, -0.05) is 13.8 Å². The Kier molecular flexibility index (Phi) is 5.18. The number of rotatable bonds is 5. The monoisotopic (exact) mass is 332 g/mol. The fourth-order valence-corrected chi connectivity index (χ4v) is 2.34. The summed E-state index contributed by atoms with van der Waals surface area (Å²) < 4.78 is 0. The number of amides is 5. The lowest BCUT2D eigenvalue weighted by Gasteiger charge is -2.14. The Morgan fingerprint density at radius 1 is 1.21 bits per heavy atom. The van der Waals surface area contributed by atoms with Gasteiger partial charge in [0.15, 0.2) is 0 Å². The van der Waals surface area contributed by atoms with E-state index in [1.165, 1.54) is 7.05 Å². The van der Waals surface area contributed by atoms with Crippen LogP contribution in [0.5, 0.6) is 0 Å². The highest BCUT2D eigenvalue weighted by Crippen LogP contribution is 2.14. The molecule has 0 radical (unpaired) electrons. The van der Waals surface area contributed by atoms with Crippen molar-refractivity contribution in [3.63, 3.8) is 0 Å². The van der Waals surface area contributed by atoms with Crippen molar-refractivity contribution >= 4 is 29.4 Å². The van der Waals surface area contributed by atoms with Gasteiger partial charge in [-0.2, -0.15) is 0 Å². The van der Waals surface area contributed by atoms with Crippen molar-refractivity contribution in [1.82, 2.24) is 15.5 Å². The van der Waals surface area contributed by atoms with Crippen LogP contribution in [-0.4, -0.2) is 48.3 Å². The highest BCUT2D eigenvalue weighted by molar-refractivity contribution is 6.08. The second-order valence-electron chi connectivity index (χ2n) is 5.80. The van der Waals surface area contributed by atoms with Gasteiger partial charge in [-0.15, -0.1) is 0 Å². The van der Waals surface area contributed by atoms with Crippen molar-refractivity contribution in [3.8, 4) is 0 Å². The standard InChI is InChI=1S/C16H20N4O4/c1-9(2)13-15(23)20(16(24)19-13)8-12(21)18-11-6-4-10(5-7-11)14(22)17-3/h4-7,9,13H,8H2,1-3H3,(H,17,22)(H,18,21)(H,19,24). The fourth-order valence-electron chi connectivity index (χ4n) is 2.34. The van der Waals surface area contributed by atoms with Gasteiger partial charge in [0.05, 0.1) is 0 Å². The van der Waals surface area contributed by atoms with Crippen LogP contribution in [0.2, 0.25) is 0 Å². The molecule has 3 N–H and O–H groups in total. The van der Waals surface area contributed by atoms with E-state index in [1.54, 1.807) is 24.3 Å². The summed E-state index contributed by atoms with van der Waals surface area (Å²) in [7, 11) is 1.53. The Balaban J connectivity index is 1.97. The van der Waals surface area contributed by atoms with Crippen LogP contribution in [0.15, 0.2) is 24.3 Å². The van der Waals surface area contributed by atoms with Crippen LogP contribution >= 0.6 is 0 Å². The first-order valence-corrected chi connectivity index (χ1v) is 7.57. The van der Waals surface area contributed by atoms with E-state index in [0.717, 1.165) is 4.90 Å². The lowest BCUT2D eigenvalue weighted by molar-refractivity contribution is -0.131. The molecule has 1 heterocycles. The molecule has 1 fully saturated rings. The molecule has 1 aliphatic rings. The predicted molar refractivity (Wildman–Crippen MR) is 87.3 cm³/mol. The van der Waals surface area contributed by atoms with E-state index in [9.17, 15) is 19.2 Å². The molecule has 1 aromatic carbocycles. The molecule has 5 amide bonds. The molecule has 0 saturated carbocycles. The minimum Gasteiger partial charge on any atom is -0.355 e. The Labute approximate surface area is 139 Å². The van der Waals surface area contributed by atoms with E-state index in [0.29, 0.717) is 11.3 Å². The van der Waals surface area contributed by atoms with Crippen molar-refractivity contribution in [2.24, 2.45) is 5.92 Å². The van der Waals surface area contributed by atoms with Gasteiger partial charge in [0.2, 0.25) is 5.91 Å². The number of nitrogens with one attached hydrogen (secondary N) is 3. The quantitative estimate of drug-likeness (QED) is 0.685. The van der Waals surface area contributed by atoms with Crippen molar-refractivity contribution in [2.75, 3.05) is 18.9 Å². The lowest BCUT2D eigenvalue weighted by atomic mass is 10.1. The highest BCUT2D eigenvalue weighted by Gasteiger charge is 2.40. The number of hydrogen-bond donors (Lipinski definition) is 3. The lowest BCUT2D eigenvalue weighted by Crippen LogP contribution is -2.39. The number of nitrogens with zero attached hydrogens (tertiary/aromatic N) is 1. The van der Waals surface area contributed by atoms with Gasteiger partial charge in [0.1, 0.15) is 12.6 Å². The average Bonchev–Trinajstić information content (AvgIpc) is 2.83. The maximum absolute atomic E-state index is 12.1. The van der Waals surface area contributed by atoms with Crippen LogP contribution in [0.4, 0.5) is 10.5 Å². The Bertz CT molecular complexity index is 669. The first kappa shape index (κ1) is 17.5. The SMILES string of the molecule is CNC(=O)c1ccc(NC(=O)CN2C(=O)NC(C(C)C)C2=O)cc1. The summed E-state index contributed by atoms with van der Waals surface area (Å²) in [6.45, 7) is 3.28. The number of imide groups is 1. The van der Waals surface area contributed by atoms with E-state index in [4.69, 9.17) is 0 Å². The van der Waals surface area contributed by atoms with Crippen molar-refractivity contribution < 1.29 is 19.2 Å². The number of benzene rings is 1. The van der Waals surface area contributed by atoms with Gasteiger partial charge in [-0.05, 0) is 30.2 Å². The number of anilines is 1. The molecule has 24 heavy (non-hydrogen) atoms. The van der Waals surface area contributed by atoms with Crippen molar-refractivity contribution in [3.05, 3.63) is 29.8 Å². The largest absolute Gasteiger partial charge is 0.355 e. The summed E-state index contributed by atoms with van der Waals surface area (Å²) in [5.41, 5.74) is 0.935. The molecule has 0 bridgehead atoms. The smallest absolute Gasteiger partial charge is 0.325 e. The van der Waals surface area contributed by atoms with Crippen LogP contribution in [0.1, 0.15) is 24.2 Å². The summed E-state index contributed by atoms with van der Waals surface area (Å²) in [6, 6.07) is 5.12. The van der Waals surface area contributed by atoms with Crippen LogP contribution in [0, 0.1) is 5.92 Å². The minimum atomic E-state index is -0.600. The highest BCUT2D eigenvalue weighted by atomic mass is 16.2. The Morgan fingerprint density at radius 3 is 2.33 bits per heavy atom. The summed E-state index contributed by atoms with van der Waals surface area (Å²) >= 11 is 0.